The Morgan fingerprint density at radius 1 is 1.18 bits per heavy atom. The molecule has 22 heavy (non-hydrogen) atoms. The van der Waals surface area contributed by atoms with E-state index in [0.717, 1.165) is 0 Å². The van der Waals surface area contributed by atoms with Gasteiger partial charge in [-0.25, -0.2) is 0 Å². The fraction of sp³-hybridized carbons (Fsp3) is 0.250. The summed E-state index contributed by atoms with van der Waals surface area (Å²) in [6.45, 7) is 2.20. The highest BCUT2D eigenvalue weighted by molar-refractivity contribution is 7.80. The van der Waals surface area contributed by atoms with Gasteiger partial charge in [0.25, 0.3) is 5.91 Å². The Balaban J connectivity index is 1.90. The van der Waals surface area contributed by atoms with Gasteiger partial charge in [-0.15, -0.1) is 0 Å². The quantitative estimate of drug-likeness (QED) is 0.608. The highest BCUT2D eigenvalue weighted by Crippen LogP contribution is 2.16. The van der Waals surface area contributed by atoms with Gasteiger partial charge in [0.05, 0.1) is 0 Å². The van der Waals surface area contributed by atoms with Crippen LogP contribution in [-0.2, 0) is 6.61 Å². The molecule has 1 heterocycles. The van der Waals surface area contributed by atoms with E-state index in [0.29, 0.717) is 29.4 Å². The van der Waals surface area contributed by atoms with E-state index < -0.39 is 0 Å². The number of benzene rings is 1. The van der Waals surface area contributed by atoms with Gasteiger partial charge < -0.3 is 14.5 Å². The Bertz CT molecular complexity index is 648. The first kappa shape index (κ1) is 16.2. The van der Waals surface area contributed by atoms with E-state index in [2.05, 4.69) is 17.9 Å². The van der Waals surface area contributed by atoms with Crippen LogP contribution in [-0.4, -0.2) is 24.0 Å². The third-order valence-electron chi connectivity index (χ3n) is 2.92. The molecule has 0 fully saturated rings. The Kier molecular flexibility index (Phi) is 5.66. The van der Waals surface area contributed by atoms with Crippen molar-refractivity contribution >= 4 is 24.3 Å². The summed E-state index contributed by atoms with van der Waals surface area (Å²) < 4.78 is 11.0. The lowest BCUT2D eigenvalue weighted by Gasteiger charge is -2.05. The number of hydrogen-bond acceptors (Lipinski definition) is 5. The van der Waals surface area contributed by atoms with Crippen LogP contribution in [0.5, 0.6) is 5.75 Å². The number of hydrogen-bond donors (Lipinski definition) is 2. The van der Waals surface area contributed by atoms with E-state index in [1.807, 2.05) is 0 Å². The molecule has 0 radical (unpaired) electrons. The third-order valence-corrected chi connectivity index (χ3v) is 3.15. The molecule has 0 aliphatic heterocycles. The van der Waals surface area contributed by atoms with Crippen molar-refractivity contribution in [3.05, 3.63) is 53.5 Å². The molecule has 2 aromatic rings. The molecule has 0 saturated heterocycles. The number of furan rings is 1. The summed E-state index contributed by atoms with van der Waals surface area (Å²) in [6, 6.07) is 10.1. The summed E-state index contributed by atoms with van der Waals surface area (Å²) >= 11 is 4.02. The van der Waals surface area contributed by atoms with Gasteiger partial charge in [-0.3, -0.25) is 9.59 Å². The fourth-order valence-electron chi connectivity index (χ4n) is 1.77. The lowest BCUT2D eigenvalue weighted by Crippen LogP contribution is -2.24. The molecule has 0 spiro atoms. The monoisotopic (exact) mass is 319 g/mol. The van der Waals surface area contributed by atoms with Gasteiger partial charge in [0.2, 0.25) is 0 Å². The first-order chi connectivity index (χ1) is 10.6. The average molecular weight is 319 g/mol. The number of carbonyl (C=O) groups excluding carboxylic acids is 2. The topological polar surface area (TPSA) is 68.5 Å². The molecule has 2 rings (SSSR count). The van der Waals surface area contributed by atoms with Crippen molar-refractivity contribution in [3.63, 3.8) is 0 Å². The molecule has 0 unspecified atom stereocenters. The highest BCUT2D eigenvalue weighted by atomic mass is 32.1. The molecule has 0 bridgehead atoms. The fourth-order valence-corrected chi connectivity index (χ4v) is 1.89. The second-order valence-corrected chi connectivity index (χ2v) is 5.06. The van der Waals surface area contributed by atoms with E-state index in [-0.39, 0.29) is 24.1 Å². The Morgan fingerprint density at radius 2 is 1.91 bits per heavy atom. The van der Waals surface area contributed by atoms with Crippen molar-refractivity contribution in [2.75, 3.05) is 12.3 Å². The lowest BCUT2D eigenvalue weighted by atomic mass is 10.1. The molecule has 1 aromatic carbocycles. The Morgan fingerprint density at radius 3 is 2.55 bits per heavy atom. The number of rotatable bonds is 7. The van der Waals surface area contributed by atoms with Gasteiger partial charge in [-0.05, 0) is 43.3 Å². The summed E-state index contributed by atoms with van der Waals surface area (Å²) in [5, 5.41) is 2.67. The average Bonchev–Trinajstić information content (AvgIpc) is 3.00. The molecule has 1 amide bonds. The molecular formula is C16H17NO4S. The maximum atomic E-state index is 11.7. The predicted molar refractivity (Wildman–Crippen MR) is 85.7 cm³/mol. The predicted octanol–water partition coefficient (Wildman–Crippen LogP) is 2.72. The van der Waals surface area contributed by atoms with Gasteiger partial charge in [-0.2, -0.15) is 12.6 Å². The van der Waals surface area contributed by atoms with Crippen LogP contribution in [0.4, 0.5) is 0 Å². The van der Waals surface area contributed by atoms with Crippen LogP contribution >= 0.6 is 12.6 Å². The molecule has 1 aromatic heterocycles. The lowest BCUT2D eigenvalue weighted by molar-refractivity contribution is 0.0924. The van der Waals surface area contributed by atoms with Gasteiger partial charge in [0, 0.05) is 17.9 Å². The summed E-state index contributed by atoms with van der Waals surface area (Å²) in [5.41, 5.74) is 0.633. The van der Waals surface area contributed by atoms with E-state index in [4.69, 9.17) is 9.15 Å². The molecule has 0 atom stereocenters. The first-order valence-corrected chi connectivity index (χ1v) is 7.45. The van der Waals surface area contributed by atoms with Crippen molar-refractivity contribution in [1.82, 2.24) is 5.32 Å². The molecule has 5 nitrogen and oxygen atoms in total. The molecule has 116 valence electrons. The zero-order valence-electron chi connectivity index (χ0n) is 12.2. The normalized spacial score (nSPS) is 10.3. The van der Waals surface area contributed by atoms with Gasteiger partial charge in [0.1, 0.15) is 18.1 Å². The molecule has 6 heteroatoms. The van der Waals surface area contributed by atoms with Crippen LogP contribution in [0.15, 0.2) is 40.8 Å². The van der Waals surface area contributed by atoms with E-state index in [9.17, 15) is 9.59 Å². The first-order valence-electron chi connectivity index (χ1n) is 6.81. The van der Waals surface area contributed by atoms with Crippen LogP contribution in [0.1, 0.15) is 33.6 Å². The van der Waals surface area contributed by atoms with Crippen LogP contribution in [0.3, 0.4) is 0 Å². The van der Waals surface area contributed by atoms with E-state index >= 15 is 0 Å². The highest BCUT2D eigenvalue weighted by Gasteiger charge is 2.10. The summed E-state index contributed by atoms with van der Waals surface area (Å²) in [5.74, 6) is 1.72. The molecule has 0 aliphatic carbocycles. The van der Waals surface area contributed by atoms with Gasteiger partial charge in [-0.1, -0.05) is 0 Å². The number of carbonyl (C=O) groups is 2. The molecule has 0 saturated carbocycles. The second-order valence-electron chi connectivity index (χ2n) is 4.61. The maximum Gasteiger partial charge on any atom is 0.287 e. The largest absolute Gasteiger partial charge is 0.486 e. The van der Waals surface area contributed by atoms with Crippen LogP contribution in [0.2, 0.25) is 0 Å². The smallest absolute Gasteiger partial charge is 0.287 e. The minimum absolute atomic E-state index is 0.00875. The van der Waals surface area contributed by atoms with Crippen molar-refractivity contribution in [2.24, 2.45) is 0 Å². The molecular weight excluding hydrogens is 302 g/mol. The summed E-state index contributed by atoms with van der Waals surface area (Å²) in [6.07, 6.45) is 0. The van der Waals surface area contributed by atoms with Crippen molar-refractivity contribution in [2.45, 2.75) is 13.5 Å². The number of amides is 1. The van der Waals surface area contributed by atoms with Crippen molar-refractivity contribution < 1.29 is 18.7 Å². The van der Waals surface area contributed by atoms with E-state index in [1.165, 1.54) is 6.92 Å². The van der Waals surface area contributed by atoms with Gasteiger partial charge in [0.15, 0.2) is 11.5 Å². The number of ketones is 1. The van der Waals surface area contributed by atoms with Crippen LogP contribution < -0.4 is 10.1 Å². The minimum atomic E-state index is -0.272. The Hall–Kier alpha value is -2.21. The number of Topliss-reactive ketones (excluding diaryl/α,β-unsaturated/α-hetero) is 1. The zero-order chi connectivity index (χ0) is 15.9. The minimum Gasteiger partial charge on any atom is -0.486 e. The summed E-state index contributed by atoms with van der Waals surface area (Å²) in [4.78, 5) is 22.9. The third kappa shape index (κ3) is 4.39. The number of nitrogens with one attached hydrogen (secondary N) is 1. The second kappa shape index (κ2) is 7.70. The molecule has 1 N–H and O–H groups in total. The standard InChI is InChI=1S/C16H17NO4S/c1-11(18)12-2-4-13(5-3-12)20-10-14-6-7-15(21-14)16(19)17-8-9-22/h2-7,22H,8-10H2,1H3,(H,17,19). The van der Waals surface area contributed by atoms with E-state index in [1.54, 1.807) is 36.4 Å². The van der Waals surface area contributed by atoms with Crippen LogP contribution in [0, 0.1) is 0 Å². The van der Waals surface area contributed by atoms with Crippen LogP contribution in [0.25, 0.3) is 0 Å². The Labute approximate surface area is 134 Å². The van der Waals surface area contributed by atoms with Gasteiger partial charge >= 0.3 is 0 Å². The van der Waals surface area contributed by atoms with Crippen molar-refractivity contribution in [1.29, 1.82) is 0 Å². The number of thiol groups is 1. The number of ether oxygens (including phenoxy) is 1. The van der Waals surface area contributed by atoms with Crippen molar-refractivity contribution in [3.8, 4) is 5.75 Å². The SMILES string of the molecule is CC(=O)c1ccc(OCc2ccc(C(=O)NCCS)o2)cc1. The zero-order valence-corrected chi connectivity index (χ0v) is 13.1. The summed E-state index contributed by atoms with van der Waals surface area (Å²) in [7, 11) is 0. The molecule has 0 aliphatic rings. The maximum absolute atomic E-state index is 11.7.